The summed E-state index contributed by atoms with van der Waals surface area (Å²) in [5, 5.41) is 3.35. The fourth-order valence-corrected chi connectivity index (χ4v) is 1.79. The van der Waals surface area contributed by atoms with E-state index in [1.54, 1.807) is 0 Å². The Bertz CT molecular complexity index is 296. The molecule has 1 N–H and O–H groups in total. The fourth-order valence-electron chi connectivity index (χ4n) is 1.79. The van der Waals surface area contributed by atoms with Gasteiger partial charge in [-0.25, -0.2) is 4.98 Å². The van der Waals surface area contributed by atoms with Gasteiger partial charge in [-0.05, 0) is 44.3 Å². The van der Waals surface area contributed by atoms with E-state index in [0.717, 1.165) is 25.6 Å². The summed E-state index contributed by atoms with van der Waals surface area (Å²) in [7, 11) is 0. The number of rotatable bonds is 3. The van der Waals surface area contributed by atoms with Crippen LogP contribution < -0.4 is 10.1 Å². The zero-order valence-electron chi connectivity index (χ0n) is 9.61. The lowest BCUT2D eigenvalue weighted by molar-refractivity contribution is 0.209. The third-order valence-electron chi connectivity index (χ3n) is 2.81. The van der Waals surface area contributed by atoms with Crippen molar-refractivity contribution in [1.29, 1.82) is 0 Å². The quantitative estimate of drug-likeness (QED) is 0.883. The second-order valence-corrected chi connectivity index (χ2v) is 4.18. The normalized spacial score (nSPS) is 16.6. The molecule has 2 rings (SSSR count). The average molecular weight is 243 g/mol. The number of nitrogens with zero attached hydrogens (tertiary/aromatic N) is 1. The second kappa shape index (κ2) is 6.71. The highest BCUT2D eigenvalue weighted by Crippen LogP contribution is 2.14. The van der Waals surface area contributed by atoms with Gasteiger partial charge in [0.25, 0.3) is 0 Å². The Labute approximate surface area is 103 Å². The van der Waals surface area contributed by atoms with Gasteiger partial charge < -0.3 is 10.1 Å². The molecule has 2 heterocycles. The molecule has 0 atom stereocenters. The minimum Gasteiger partial charge on any atom is -0.477 e. The summed E-state index contributed by atoms with van der Waals surface area (Å²) in [4.78, 5) is 4.22. The Morgan fingerprint density at radius 3 is 2.75 bits per heavy atom. The summed E-state index contributed by atoms with van der Waals surface area (Å²) in [6.07, 6.45) is 4.27. The highest BCUT2D eigenvalue weighted by molar-refractivity contribution is 5.85. The molecule has 4 heteroatoms. The largest absolute Gasteiger partial charge is 0.477 e. The number of aryl methyl sites for hydroxylation is 1. The highest BCUT2D eigenvalue weighted by Gasteiger charge is 2.13. The molecular formula is C12H19ClN2O. The number of hydrogen-bond acceptors (Lipinski definition) is 3. The Kier molecular flexibility index (Phi) is 5.56. The molecule has 1 aromatic rings. The first-order chi connectivity index (χ1) is 7.34. The van der Waals surface area contributed by atoms with Gasteiger partial charge in [-0.1, -0.05) is 6.07 Å². The predicted molar refractivity (Wildman–Crippen MR) is 67.3 cm³/mol. The number of pyridine rings is 1. The average Bonchev–Trinajstić information content (AvgIpc) is 2.30. The van der Waals surface area contributed by atoms with Crippen molar-refractivity contribution in [2.24, 2.45) is 5.92 Å². The molecule has 3 nitrogen and oxygen atoms in total. The van der Waals surface area contributed by atoms with Crippen molar-refractivity contribution in [2.45, 2.75) is 19.8 Å². The maximum atomic E-state index is 5.66. The van der Waals surface area contributed by atoms with Gasteiger partial charge in [0.15, 0.2) is 0 Å². The molecule has 16 heavy (non-hydrogen) atoms. The molecule has 0 saturated carbocycles. The van der Waals surface area contributed by atoms with E-state index in [0.29, 0.717) is 5.92 Å². The Morgan fingerprint density at radius 1 is 1.38 bits per heavy atom. The van der Waals surface area contributed by atoms with E-state index in [9.17, 15) is 0 Å². The first kappa shape index (κ1) is 13.3. The lowest BCUT2D eigenvalue weighted by atomic mass is 9.99. The van der Waals surface area contributed by atoms with Crippen LogP contribution in [-0.4, -0.2) is 24.7 Å². The van der Waals surface area contributed by atoms with Gasteiger partial charge >= 0.3 is 0 Å². The van der Waals surface area contributed by atoms with Crippen LogP contribution >= 0.6 is 12.4 Å². The molecule has 1 aromatic heterocycles. The van der Waals surface area contributed by atoms with Crippen molar-refractivity contribution < 1.29 is 4.74 Å². The van der Waals surface area contributed by atoms with E-state index in [4.69, 9.17) is 4.74 Å². The minimum absolute atomic E-state index is 0. The zero-order valence-corrected chi connectivity index (χ0v) is 10.4. The first-order valence-corrected chi connectivity index (χ1v) is 5.61. The maximum Gasteiger partial charge on any atom is 0.213 e. The molecule has 1 aliphatic rings. The number of halogens is 1. The van der Waals surface area contributed by atoms with Crippen LogP contribution in [0.15, 0.2) is 18.3 Å². The van der Waals surface area contributed by atoms with Crippen molar-refractivity contribution in [1.82, 2.24) is 10.3 Å². The number of nitrogens with one attached hydrogen (secondary N) is 1. The molecule has 90 valence electrons. The second-order valence-electron chi connectivity index (χ2n) is 4.18. The molecule has 0 aliphatic carbocycles. The lowest BCUT2D eigenvalue weighted by Crippen LogP contribution is -2.30. The van der Waals surface area contributed by atoms with Crippen LogP contribution in [0, 0.1) is 12.8 Å². The van der Waals surface area contributed by atoms with E-state index < -0.39 is 0 Å². The van der Waals surface area contributed by atoms with Gasteiger partial charge in [0, 0.05) is 12.3 Å². The fraction of sp³-hybridized carbons (Fsp3) is 0.583. The summed E-state index contributed by atoms with van der Waals surface area (Å²) in [5.41, 5.74) is 1.17. The molecule has 1 aliphatic heterocycles. The Hall–Kier alpha value is -0.800. The van der Waals surface area contributed by atoms with Crippen molar-refractivity contribution in [3.05, 3.63) is 23.9 Å². The van der Waals surface area contributed by atoms with E-state index in [-0.39, 0.29) is 12.4 Å². The van der Waals surface area contributed by atoms with Gasteiger partial charge in [0.2, 0.25) is 5.88 Å². The zero-order chi connectivity index (χ0) is 10.5. The van der Waals surface area contributed by atoms with Crippen LogP contribution in [-0.2, 0) is 0 Å². The van der Waals surface area contributed by atoms with Gasteiger partial charge in [0.1, 0.15) is 0 Å². The molecule has 0 radical (unpaired) electrons. The van der Waals surface area contributed by atoms with Gasteiger partial charge in [-0.2, -0.15) is 0 Å². The van der Waals surface area contributed by atoms with Crippen LogP contribution in [0.1, 0.15) is 18.4 Å². The molecule has 1 saturated heterocycles. The lowest BCUT2D eigenvalue weighted by Gasteiger charge is -2.22. The third-order valence-corrected chi connectivity index (χ3v) is 2.81. The molecule has 0 aromatic carbocycles. The van der Waals surface area contributed by atoms with E-state index in [1.807, 2.05) is 25.3 Å². The smallest absolute Gasteiger partial charge is 0.213 e. The third kappa shape index (κ3) is 3.99. The number of aromatic nitrogens is 1. The monoisotopic (exact) mass is 242 g/mol. The number of ether oxygens (including phenoxy) is 1. The minimum atomic E-state index is 0. The number of piperidine rings is 1. The predicted octanol–water partition coefficient (Wildman–Crippen LogP) is 2.19. The molecule has 0 amide bonds. The van der Waals surface area contributed by atoms with E-state index in [2.05, 4.69) is 10.3 Å². The van der Waals surface area contributed by atoms with Gasteiger partial charge in [-0.15, -0.1) is 12.4 Å². The Balaban J connectivity index is 0.00000128. The molecule has 0 bridgehead atoms. The van der Waals surface area contributed by atoms with Crippen LogP contribution in [0.25, 0.3) is 0 Å². The van der Waals surface area contributed by atoms with E-state index in [1.165, 1.54) is 18.4 Å². The van der Waals surface area contributed by atoms with E-state index >= 15 is 0 Å². The molecule has 0 spiro atoms. The standard InChI is InChI=1S/C12H18N2O.ClH/c1-10-2-3-12(14-8-10)15-9-11-4-6-13-7-5-11;/h2-3,8,11,13H,4-7,9H2,1H3;1H. The Morgan fingerprint density at radius 2 is 2.12 bits per heavy atom. The molecular weight excluding hydrogens is 224 g/mol. The SMILES string of the molecule is Cc1ccc(OCC2CCNCC2)nc1.Cl. The topological polar surface area (TPSA) is 34.1 Å². The summed E-state index contributed by atoms with van der Waals surface area (Å²) >= 11 is 0. The first-order valence-electron chi connectivity index (χ1n) is 5.61. The summed E-state index contributed by atoms with van der Waals surface area (Å²) < 4.78 is 5.66. The van der Waals surface area contributed by atoms with Gasteiger partial charge in [0.05, 0.1) is 6.61 Å². The van der Waals surface area contributed by atoms with Crippen LogP contribution in [0.4, 0.5) is 0 Å². The van der Waals surface area contributed by atoms with Gasteiger partial charge in [-0.3, -0.25) is 0 Å². The van der Waals surface area contributed by atoms with Crippen molar-refractivity contribution in [3.8, 4) is 5.88 Å². The maximum absolute atomic E-state index is 5.66. The van der Waals surface area contributed by atoms with Crippen LogP contribution in [0.3, 0.4) is 0 Å². The molecule has 0 unspecified atom stereocenters. The summed E-state index contributed by atoms with van der Waals surface area (Å²) in [5.74, 6) is 1.44. The van der Waals surface area contributed by atoms with Crippen molar-refractivity contribution >= 4 is 12.4 Å². The molecule has 1 fully saturated rings. The summed E-state index contributed by atoms with van der Waals surface area (Å²) in [6.45, 7) is 5.08. The summed E-state index contributed by atoms with van der Waals surface area (Å²) in [6, 6.07) is 3.97. The highest BCUT2D eigenvalue weighted by atomic mass is 35.5. The van der Waals surface area contributed by atoms with Crippen LogP contribution in [0.5, 0.6) is 5.88 Å². The number of hydrogen-bond donors (Lipinski definition) is 1. The van der Waals surface area contributed by atoms with Crippen LogP contribution in [0.2, 0.25) is 0 Å². The van der Waals surface area contributed by atoms with Crippen molar-refractivity contribution in [3.63, 3.8) is 0 Å². The van der Waals surface area contributed by atoms with Crippen molar-refractivity contribution in [2.75, 3.05) is 19.7 Å².